The Morgan fingerprint density at radius 2 is 1.62 bits per heavy atom. The minimum atomic E-state index is -4.76. The molecule has 3 rings (SSSR count). The number of anilines is 1. The van der Waals surface area contributed by atoms with Crippen molar-refractivity contribution in [1.82, 2.24) is 15.4 Å². The average Bonchev–Trinajstić information content (AvgIpc) is 2.66. The van der Waals surface area contributed by atoms with Crippen LogP contribution in [0.1, 0.15) is 11.1 Å². The van der Waals surface area contributed by atoms with Crippen molar-refractivity contribution >= 4 is 38.1 Å². The number of rotatable bonds is 5. The van der Waals surface area contributed by atoms with Gasteiger partial charge < -0.3 is 5.73 Å². The van der Waals surface area contributed by atoms with Crippen LogP contribution in [-0.2, 0) is 20.2 Å². The molecule has 3 aromatic rings. The molecule has 0 aliphatic heterocycles. The van der Waals surface area contributed by atoms with Gasteiger partial charge in [0.25, 0.3) is 20.2 Å². The van der Waals surface area contributed by atoms with Crippen LogP contribution in [0.25, 0.3) is 23.4 Å². The molecule has 12 heteroatoms. The molecular formula is C17H14N4O6S2. The molecule has 0 unspecified atom stereocenters. The zero-order valence-electron chi connectivity index (χ0n) is 14.5. The van der Waals surface area contributed by atoms with Crippen molar-refractivity contribution in [2.45, 2.75) is 9.79 Å². The van der Waals surface area contributed by atoms with E-state index in [0.717, 1.165) is 0 Å². The lowest BCUT2D eigenvalue weighted by Gasteiger charge is -2.12. The second-order valence-electron chi connectivity index (χ2n) is 5.77. The first-order valence-corrected chi connectivity index (χ1v) is 10.8. The van der Waals surface area contributed by atoms with E-state index in [4.69, 9.17) is 5.73 Å². The molecule has 1 heterocycles. The molecule has 0 saturated carbocycles. The zero-order chi connectivity index (χ0) is 21.2. The minimum Gasteiger partial charge on any atom is -0.398 e. The Balaban J connectivity index is 2.25. The van der Waals surface area contributed by atoms with Crippen LogP contribution in [0.2, 0.25) is 0 Å². The second-order valence-corrected chi connectivity index (χ2v) is 8.52. The predicted octanol–water partition coefficient (Wildman–Crippen LogP) is 1.78. The summed E-state index contributed by atoms with van der Waals surface area (Å²) in [6.07, 6.45) is 3.77. The van der Waals surface area contributed by atoms with Crippen LogP contribution in [0.3, 0.4) is 0 Å². The topological polar surface area (TPSA) is 173 Å². The van der Waals surface area contributed by atoms with Gasteiger partial charge >= 0.3 is 0 Å². The van der Waals surface area contributed by atoms with E-state index in [1.807, 2.05) is 0 Å². The van der Waals surface area contributed by atoms with Crippen molar-refractivity contribution in [3.8, 4) is 11.3 Å². The van der Waals surface area contributed by atoms with E-state index in [2.05, 4.69) is 15.4 Å². The number of aromatic nitrogens is 3. The summed E-state index contributed by atoms with van der Waals surface area (Å²) in [5.74, 6) is 0. The molecule has 0 aliphatic rings. The van der Waals surface area contributed by atoms with Crippen LogP contribution in [0.15, 0.2) is 58.5 Å². The van der Waals surface area contributed by atoms with Crippen LogP contribution >= 0.6 is 0 Å². The Bertz CT molecular complexity index is 1310. The largest absolute Gasteiger partial charge is 0.398 e. The number of hydrogen-bond donors (Lipinski definition) is 3. The molecule has 2 aromatic carbocycles. The molecule has 10 nitrogen and oxygen atoms in total. The Hall–Kier alpha value is -3.19. The molecule has 4 N–H and O–H groups in total. The van der Waals surface area contributed by atoms with Crippen LogP contribution in [0.5, 0.6) is 0 Å². The number of nitrogen functional groups attached to an aromatic ring is 1. The molecule has 0 spiro atoms. The standard InChI is InChI=1S/C17H14N4O6S2/c18-14-8-7-13(15-9-10-19-21-20-15)17(29(25,26)27)12(14)6-5-11-3-1-2-4-16(11)28(22,23)24/h1-10H,18H2,(H,22,23,24)(H,25,26,27). The van der Waals surface area contributed by atoms with Gasteiger partial charge in [-0.15, -0.1) is 10.2 Å². The molecule has 1 aromatic heterocycles. The monoisotopic (exact) mass is 434 g/mol. The molecule has 0 fully saturated rings. The fraction of sp³-hybridized carbons (Fsp3) is 0. The fourth-order valence-corrected chi connectivity index (χ4v) is 4.28. The Morgan fingerprint density at radius 3 is 2.24 bits per heavy atom. The van der Waals surface area contributed by atoms with Crippen molar-refractivity contribution < 1.29 is 25.9 Å². The van der Waals surface area contributed by atoms with Crippen molar-refractivity contribution in [3.63, 3.8) is 0 Å². The van der Waals surface area contributed by atoms with Crippen LogP contribution in [0, 0.1) is 0 Å². The maximum Gasteiger partial charge on any atom is 0.295 e. The van der Waals surface area contributed by atoms with E-state index in [1.165, 1.54) is 60.8 Å². The lowest BCUT2D eigenvalue weighted by molar-refractivity contribution is 0.481. The summed E-state index contributed by atoms with van der Waals surface area (Å²) < 4.78 is 66.4. The molecule has 0 bridgehead atoms. The van der Waals surface area contributed by atoms with E-state index < -0.39 is 25.1 Å². The first-order chi connectivity index (χ1) is 13.6. The van der Waals surface area contributed by atoms with Gasteiger partial charge in [0.05, 0.1) is 11.9 Å². The van der Waals surface area contributed by atoms with Crippen molar-refractivity contribution in [1.29, 1.82) is 0 Å². The maximum absolute atomic E-state index is 12.1. The summed E-state index contributed by atoms with van der Waals surface area (Å²) in [6, 6.07) is 9.69. The van der Waals surface area contributed by atoms with Gasteiger partial charge in [-0.25, -0.2) is 0 Å². The van der Waals surface area contributed by atoms with Crippen LogP contribution < -0.4 is 5.73 Å². The summed E-state index contributed by atoms with van der Waals surface area (Å²) in [7, 11) is -9.28. The lowest BCUT2D eigenvalue weighted by Crippen LogP contribution is -2.07. The molecule has 0 radical (unpaired) electrons. The van der Waals surface area contributed by atoms with Gasteiger partial charge in [0.2, 0.25) is 0 Å². The number of nitrogens with zero attached hydrogens (tertiary/aromatic N) is 3. The SMILES string of the molecule is Nc1ccc(-c2ccnnn2)c(S(=O)(=O)O)c1C=Cc1ccccc1S(=O)(=O)O. The molecule has 0 atom stereocenters. The first-order valence-electron chi connectivity index (χ1n) is 7.88. The molecule has 0 saturated heterocycles. The normalized spacial score (nSPS) is 12.3. The predicted molar refractivity (Wildman–Crippen MR) is 105 cm³/mol. The van der Waals surface area contributed by atoms with Crippen LogP contribution in [-0.4, -0.2) is 41.4 Å². The van der Waals surface area contributed by atoms with Crippen LogP contribution in [0.4, 0.5) is 5.69 Å². The van der Waals surface area contributed by atoms with Gasteiger partial charge in [-0.05, 0) is 35.0 Å². The van der Waals surface area contributed by atoms with Crippen molar-refractivity contribution in [2.75, 3.05) is 5.73 Å². The zero-order valence-corrected chi connectivity index (χ0v) is 16.2. The molecule has 0 aliphatic carbocycles. The van der Waals surface area contributed by atoms with Gasteiger partial charge in [0, 0.05) is 16.8 Å². The summed E-state index contributed by atoms with van der Waals surface area (Å²) in [5, 5.41) is 10.7. The molecule has 150 valence electrons. The van der Waals surface area contributed by atoms with E-state index >= 15 is 0 Å². The minimum absolute atomic E-state index is 0.00368. The smallest absolute Gasteiger partial charge is 0.295 e. The molecule has 0 amide bonds. The lowest BCUT2D eigenvalue weighted by atomic mass is 10.0. The second kappa shape index (κ2) is 7.67. The third-order valence-electron chi connectivity index (χ3n) is 3.89. The third kappa shape index (κ3) is 4.46. The Labute approximate surface area is 166 Å². The first kappa shape index (κ1) is 20.5. The van der Waals surface area contributed by atoms with Gasteiger partial charge in [-0.3, -0.25) is 9.11 Å². The highest BCUT2D eigenvalue weighted by molar-refractivity contribution is 7.86. The third-order valence-corrected chi connectivity index (χ3v) is 5.78. The summed E-state index contributed by atoms with van der Waals surface area (Å²) in [5.41, 5.74) is 6.07. The highest BCUT2D eigenvalue weighted by Gasteiger charge is 2.23. The summed E-state index contributed by atoms with van der Waals surface area (Å²) in [6.45, 7) is 0. The Morgan fingerprint density at radius 1 is 0.897 bits per heavy atom. The molecule has 29 heavy (non-hydrogen) atoms. The van der Waals surface area contributed by atoms with Gasteiger partial charge in [0.1, 0.15) is 9.79 Å². The van der Waals surface area contributed by atoms with Gasteiger partial charge in [-0.2, -0.15) is 16.8 Å². The van der Waals surface area contributed by atoms with Gasteiger partial charge in [0.15, 0.2) is 0 Å². The number of hydrogen-bond acceptors (Lipinski definition) is 8. The summed E-state index contributed by atoms with van der Waals surface area (Å²) >= 11 is 0. The Kier molecular flexibility index (Phi) is 5.44. The highest BCUT2D eigenvalue weighted by Crippen LogP contribution is 2.33. The number of benzene rings is 2. The highest BCUT2D eigenvalue weighted by atomic mass is 32.2. The van der Waals surface area contributed by atoms with Gasteiger partial charge in [-0.1, -0.05) is 30.4 Å². The van der Waals surface area contributed by atoms with E-state index in [9.17, 15) is 25.9 Å². The van der Waals surface area contributed by atoms with Crippen molar-refractivity contribution in [3.05, 3.63) is 59.8 Å². The fourth-order valence-electron chi connectivity index (χ4n) is 2.68. The molecular weight excluding hydrogens is 420 g/mol. The maximum atomic E-state index is 12.1. The van der Waals surface area contributed by atoms with E-state index in [0.29, 0.717) is 0 Å². The van der Waals surface area contributed by atoms with Crippen molar-refractivity contribution in [2.24, 2.45) is 0 Å². The average molecular weight is 434 g/mol. The van der Waals surface area contributed by atoms with E-state index in [-0.39, 0.29) is 33.0 Å². The number of nitrogens with two attached hydrogens (primary N) is 1. The summed E-state index contributed by atoms with van der Waals surface area (Å²) in [4.78, 5) is -0.905. The quantitative estimate of drug-likeness (QED) is 0.305. The van der Waals surface area contributed by atoms with E-state index in [1.54, 1.807) is 0 Å².